The first kappa shape index (κ1) is 11.9. The molecule has 0 atom stereocenters. The molecular formula is C18H18Zr. The maximum atomic E-state index is 2.44. The van der Waals surface area contributed by atoms with Gasteiger partial charge in [-0.3, -0.25) is 0 Å². The summed E-state index contributed by atoms with van der Waals surface area (Å²) in [5.41, 5.74) is 1.64. The average molecular weight is 326 g/mol. The van der Waals surface area contributed by atoms with E-state index in [0.29, 0.717) is 0 Å². The summed E-state index contributed by atoms with van der Waals surface area (Å²) in [7, 11) is 0. The molecule has 0 saturated carbocycles. The molecule has 94 valence electrons. The van der Waals surface area contributed by atoms with Crippen molar-refractivity contribution in [3.63, 3.8) is 0 Å². The van der Waals surface area contributed by atoms with Gasteiger partial charge in [0.15, 0.2) is 0 Å². The van der Waals surface area contributed by atoms with Crippen molar-refractivity contribution < 1.29 is 20.3 Å². The van der Waals surface area contributed by atoms with Crippen molar-refractivity contribution in [3.05, 3.63) is 72.8 Å². The van der Waals surface area contributed by atoms with Crippen molar-refractivity contribution in [2.24, 2.45) is 0 Å². The molecule has 0 spiro atoms. The summed E-state index contributed by atoms with van der Waals surface area (Å²) < 4.78 is 6.82. The molecule has 19 heavy (non-hydrogen) atoms. The van der Waals surface area contributed by atoms with Gasteiger partial charge in [0.2, 0.25) is 0 Å². The number of hydrogen-bond donors (Lipinski definition) is 0. The van der Waals surface area contributed by atoms with E-state index in [4.69, 9.17) is 0 Å². The average Bonchev–Trinajstić information content (AvgIpc) is 3.19. The third-order valence-corrected chi connectivity index (χ3v) is 18.0. The van der Waals surface area contributed by atoms with Gasteiger partial charge in [0.1, 0.15) is 0 Å². The molecule has 3 aliphatic rings. The van der Waals surface area contributed by atoms with Crippen molar-refractivity contribution in [3.8, 4) is 0 Å². The van der Waals surface area contributed by atoms with Crippen molar-refractivity contribution in [2.75, 3.05) is 0 Å². The monoisotopic (exact) mass is 324 g/mol. The van der Waals surface area contributed by atoms with E-state index >= 15 is 0 Å². The van der Waals surface area contributed by atoms with Crippen LogP contribution in [0, 0.1) is 0 Å². The minimum atomic E-state index is -2.50. The van der Waals surface area contributed by atoms with Gasteiger partial charge in [-0.2, -0.15) is 0 Å². The molecule has 0 fully saturated rings. The van der Waals surface area contributed by atoms with Crippen LogP contribution < -0.4 is 3.27 Å². The van der Waals surface area contributed by atoms with Gasteiger partial charge in [-0.15, -0.1) is 0 Å². The molecule has 0 N–H and O–H groups in total. The third-order valence-electron chi connectivity index (χ3n) is 4.89. The minimum absolute atomic E-state index is 1.21. The SMILES string of the molecule is C1=CC[C]([Zr]2([C]3=CC=CC3)[CH2]Cc3cccc[c]32)=C1. The molecular weight excluding hydrogens is 307 g/mol. The van der Waals surface area contributed by atoms with Gasteiger partial charge in [-0.05, 0) is 0 Å². The number of benzene rings is 1. The second-order valence-corrected chi connectivity index (χ2v) is 15.9. The van der Waals surface area contributed by atoms with E-state index in [1.54, 1.807) is 15.4 Å². The first-order chi connectivity index (χ1) is 9.41. The summed E-state index contributed by atoms with van der Waals surface area (Å²) in [6, 6.07) is 9.27. The summed E-state index contributed by atoms with van der Waals surface area (Å²) in [5.74, 6) is 0. The van der Waals surface area contributed by atoms with Crippen LogP contribution in [0.3, 0.4) is 0 Å². The number of aryl methyl sites for hydroxylation is 1. The Bertz CT molecular complexity index is 613. The van der Waals surface area contributed by atoms with Crippen LogP contribution in [0.1, 0.15) is 18.4 Å². The molecule has 1 aliphatic heterocycles. The number of rotatable bonds is 2. The molecule has 1 aromatic rings. The zero-order chi connectivity index (χ0) is 12.7. The molecule has 4 rings (SSSR count). The number of fused-ring (bicyclic) bond motifs is 1. The van der Waals surface area contributed by atoms with Crippen LogP contribution in [-0.4, -0.2) is 0 Å². The van der Waals surface area contributed by atoms with E-state index in [0.717, 1.165) is 0 Å². The van der Waals surface area contributed by atoms with Crippen LogP contribution in [0.25, 0.3) is 0 Å². The Kier molecular flexibility index (Phi) is 2.85. The molecule has 1 heteroatoms. The zero-order valence-corrected chi connectivity index (χ0v) is 13.6. The Balaban J connectivity index is 1.91. The summed E-state index contributed by atoms with van der Waals surface area (Å²) >= 11 is -2.50. The predicted octanol–water partition coefficient (Wildman–Crippen LogP) is 4.13. The molecule has 0 unspecified atom stereocenters. The maximum absolute atomic E-state index is 2.50. The van der Waals surface area contributed by atoms with Crippen LogP contribution in [0.2, 0.25) is 4.13 Å². The van der Waals surface area contributed by atoms with Crippen molar-refractivity contribution in [1.29, 1.82) is 0 Å². The molecule has 0 bridgehead atoms. The Morgan fingerprint density at radius 3 is 2.16 bits per heavy atom. The normalized spacial score (nSPS) is 22.5. The molecule has 1 heterocycles. The fourth-order valence-corrected chi connectivity index (χ4v) is 17.5. The van der Waals surface area contributed by atoms with Crippen molar-refractivity contribution in [2.45, 2.75) is 23.4 Å². The Labute approximate surface area is 119 Å². The van der Waals surface area contributed by atoms with E-state index in [9.17, 15) is 0 Å². The van der Waals surface area contributed by atoms with Gasteiger partial charge in [0, 0.05) is 0 Å². The fraction of sp³-hybridized carbons (Fsp3) is 0.222. The molecule has 0 saturated heterocycles. The summed E-state index contributed by atoms with van der Waals surface area (Å²) in [6.07, 6.45) is 17.9. The van der Waals surface area contributed by atoms with Gasteiger partial charge in [0.05, 0.1) is 0 Å². The predicted molar refractivity (Wildman–Crippen MR) is 78.3 cm³/mol. The van der Waals surface area contributed by atoms with E-state index in [1.807, 2.05) is 0 Å². The molecule has 2 aliphatic carbocycles. The number of allylic oxidation sites excluding steroid dienone is 8. The summed E-state index contributed by atoms with van der Waals surface area (Å²) in [6.45, 7) is 0. The molecule has 0 radical (unpaired) electrons. The second kappa shape index (κ2) is 4.56. The van der Waals surface area contributed by atoms with E-state index in [2.05, 4.69) is 60.7 Å². The van der Waals surface area contributed by atoms with Gasteiger partial charge in [-0.25, -0.2) is 0 Å². The molecule has 0 aromatic heterocycles. The molecule has 0 nitrogen and oxygen atoms in total. The van der Waals surface area contributed by atoms with Crippen molar-refractivity contribution in [1.82, 2.24) is 0 Å². The van der Waals surface area contributed by atoms with E-state index < -0.39 is 20.3 Å². The first-order valence-corrected chi connectivity index (χ1v) is 12.6. The first-order valence-electron chi connectivity index (χ1n) is 7.22. The summed E-state index contributed by atoms with van der Waals surface area (Å²) in [5, 5.41) is 0. The molecule has 0 amide bonds. The standard InChI is InChI=1S/C8H8.2C5H5.Zr/c1-2-8-6-4-3-5-7-8;2*1-2-4-5-3-1;/h3-6H,1-2H2;2*1-3H,4H2;. The quantitative estimate of drug-likeness (QED) is 0.767. The van der Waals surface area contributed by atoms with Crippen LogP contribution in [0.15, 0.2) is 67.3 Å². The zero-order valence-electron chi connectivity index (χ0n) is 11.1. The van der Waals surface area contributed by atoms with Crippen molar-refractivity contribution >= 4 is 3.27 Å². The van der Waals surface area contributed by atoms with E-state index in [1.165, 1.54) is 23.4 Å². The van der Waals surface area contributed by atoms with Gasteiger partial charge in [0.25, 0.3) is 0 Å². The van der Waals surface area contributed by atoms with Gasteiger partial charge in [-0.1, -0.05) is 0 Å². The van der Waals surface area contributed by atoms with Gasteiger partial charge >= 0.3 is 120 Å². The topological polar surface area (TPSA) is 0 Å². The summed E-state index contributed by atoms with van der Waals surface area (Å²) in [4.78, 5) is 0. The Morgan fingerprint density at radius 1 is 0.842 bits per heavy atom. The Hall–Kier alpha value is -0.937. The van der Waals surface area contributed by atoms with Crippen LogP contribution in [-0.2, 0) is 26.7 Å². The van der Waals surface area contributed by atoms with Crippen LogP contribution in [0.5, 0.6) is 0 Å². The van der Waals surface area contributed by atoms with Crippen LogP contribution >= 0.6 is 0 Å². The van der Waals surface area contributed by atoms with Gasteiger partial charge < -0.3 is 0 Å². The van der Waals surface area contributed by atoms with Crippen LogP contribution in [0.4, 0.5) is 0 Å². The Morgan fingerprint density at radius 2 is 1.53 bits per heavy atom. The third kappa shape index (κ3) is 1.68. The number of hydrogen-bond acceptors (Lipinski definition) is 0. The molecule has 1 aromatic carbocycles. The second-order valence-electron chi connectivity index (χ2n) is 5.71. The fourth-order valence-electron chi connectivity index (χ4n) is 4.01. The van der Waals surface area contributed by atoms with E-state index in [-0.39, 0.29) is 0 Å².